The van der Waals surface area contributed by atoms with Crippen molar-refractivity contribution in [2.75, 3.05) is 10.6 Å². The van der Waals surface area contributed by atoms with Crippen LogP contribution in [-0.2, 0) is 0 Å². The lowest BCUT2D eigenvalue weighted by Crippen LogP contribution is -2.11. The van der Waals surface area contributed by atoms with Crippen LogP contribution in [0.4, 0.5) is 17.4 Å². The summed E-state index contributed by atoms with van der Waals surface area (Å²) in [6.07, 6.45) is 3.13. The summed E-state index contributed by atoms with van der Waals surface area (Å²) in [5.41, 5.74) is 2.65. The Morgan fingerprint density at radius 2 is 1.68 bits per heavy atom. The van der Waals surface area contributed by atoms with Gasteiger partial charge < -0.3 is 15.1 Å². The van der Waals surface area contributed by atoms with E-state index in [9.17, 15) is 4.79 Å². The molecule has 0 atom stereocenters. The van der Waals surface area contributed by atoms with E-state index in [-0.39, 0.29) is 11.9 Å². The van der Waals surface area contributed by atoms with E-state index >= 15 is 0 Å². The van der Waals surface area contributed by atoms with E-state index in [2.05, 4.69) is 25.8 Å². The Labute approximate surface area is 165 Å². The maximum Gasteiger partial charge on any atom is 0.320 e. The number of carbonyl (C=O) groups is 1. The highest BCUT2D eigenvalue weighted by molar-refractivity contribution is 6.30. The molecule has 0 spiro atoms. The molecule has 0 fully saturated rings. The average Bonchev–Trinajstić information content (AvgIpc) is 3.19. The van der Waals surface area contributed by atoms with Gasteiger partial charge in [0.1, 0.15) is 0 Å². The summed E-state index contributed by atoms with van der Waals surface area (Å²) in [4.78, 5) is 16.1. The molecule has 0 aliphatic rings. The van der Waals surface area contributed by atoms with Crippen LogP contribution < -0.4 is 10.6 Å². The van der Waals surface area contributed by atoms with Gasteiger partial charge in [0, 0.05) is 34.4 Å². The molecule has 1 amide bonds. The first-order chi connectivity index (χ1) is 13.7. The lowest BCUT2D eigenvalue weighted by atomic mass is 10.2. The van der Waals surface area contributed by atoms with Crippen molar-refractivity contribution in [2.45, 2.75) is 0 Å². The van der Waals surface area contributed by atoms with Crippen LogP contribution in [0.25, 0.3) is 11.5 Å². The summed E-state index contributed by atoms with van der Waals surface area (Å²) in [5, 5.41) is 14.5. The largest absolute Gasteiger partial charge is 0.403 e. The first kappa shape index (κ1) is 17.7. The number of benzene rings is 2. The van der Waals surface area contributed by atoms with Gasteiger partial charge in [-0.25, -0.2) is 0 Å². The minimum atomic E-state index is -0.229. The summed E-state index contributed by atoms with van der Waals surface area (Å²) in [6.45, 7) is 0. The van der Waals surface area contributed by atoms with E-state index in [4.69, 9.17) is 16.0 Å². The molecule has 0 aliphatic heterocycles. The number of halogens is 1. The average molecular weight is 392 g/mol. The smallest absolute Gasteiger partial charge is 0.320 e. The Morgan fingerprint density at radius 1 is 0.929 bits per heavy atom. The van der Waals surface area contributed by atoms with Crippen molar-refractivity contribution in [3.8, 4) is 11.5 Å². The quantitative estimate of drug-likeness (QED) is 0.508. The van der Waals surface area contributed by atoms with Gasteiger partial charge in [-0.2, -0.15) is 0 Å². The topological polar surface area (TPSA) is 92.9 Å². The van der Waals surface area contributed by atoms with Gasteiger partial charge in [0.2, 0.25) is 5.89 Å². The third-order valence-corrected chi connectivity index (χ3v) is 4.09. The zero-order chi connectivity index (χ0) is 19.3. The number of nitrogens with one attached hydrogen (secondary N) is 2. The zero-order valence-electron chi connectivity index (χ0n) is 14.5. The summed E-state index contributed by atoms with van der Waals surface area (Å²) in [7, 11) is 0. The highest BCUT2D eigenvalue weighted by Crippen LogP contribution is 2.24. The molecule has 7 nitrogen and oxygen atoms in total. The number of anilines is 3. The van der Waals surface area contributed by atoms with Crippen molar-refractivity contribution in [3.05, 3.63) is 83.6 Å². The van der Waals surface area contributed by atoms with Crippen molar-refractivity contribution in [1.29, 1.82) is 0 Å². The molecule has 2 aromatic heterocycles. The van der Waals surface area contributed by atoms with Crippen LogP contribution in [0.1, 0.15) is 10.4 Å². The minimum Gasteiger partial charge on any atom is -0.403 e. The Kier molecular flexibility index (Phi) is 4.99. The second-order valence-electron chi connectivity index (χ2n) is 5.82. The molecule has 28 heavy (non-hydrogen) atoms. The Balaban J connectivity index is 1.43. The highest BCUT2D eigenvalue weighted by atomic mass is 35.5. The normalized spacial score (nSPS) is 10.5. The number of pyridine rings is 1. The van der Waals surface area contributed by atoms with Gasteiger partial charge in [-0.15, -0.1) is 5.10 Å². The fourth-order valence-electron chi connectivity index (χ4n) is 2.44. The maximum absolute atomic E-state index is 12.2. The van der Waals surface area contributed by atoms with Crippen LogP contribution in [-0.4, -0.2) is 21.1 Å². The lowest BCUT2D eigenvalue weighted by molar-refractivity contribution is 0.102. The summed E-state index contributed by atoms with van der Waals surface area (Å²) < 4.78 is 5.63. The van der Waals surface area contributed by atoms with Gasteiger partial charge >= 0.3 is 6.01 Å². The monoisotopic (exact) mass is 391 g/mol. The predicted molar refractivity (Wildman–Crippen MR) is 107 cm³/mol. The van der Waals surface area contributed by atoms with Crippen LogP contribution >= 0.6 is 11.6 Å². The van der Waals surface area contributed by atoms with Gasteiger partial charge in [-0.05, 0) is 60.7 Å². The van der Waals surface area contributed by atoms with Crippen molar-refractivity contribution < 1.29 is 9.21 Å². The van der Waals surface area contributed by atoms with E-state index in [0.717, 1.165) is 11.3 Å². The van der Waals surface area contributed by atoms with E-state index < -0.39 is 0 Å². The van der Waals surface area contributed by atoms with Gasteiger partial charge in [0.25, 0.3) is 5.91 Å². The van der Waals surface area contributed by atoms with E-state index in [1.54, 1.807) is 54.7 Å². The van der Waals surface area contributed by atoms with Crippen LogP contribution in [0.5, 0.6) is 0 Å². The number of hydrogen-bond acceptors (Lipinski definition) is 6. The maximum atomic E-state index is 12.2. The molecular weight excluding hydrogens is 378 g/mol. The Morgan fingerprint density at radius 3 is 2.39 bits per heavy atom. The zero-order valence-corrected chi connectivity index (χ0v) is 15.2. The Hall–Kier alpha value is -3.71. The van der Waals surface area contributed by atoms with Gasteiger partial charge in [0.15, 0.2) is 0 Å². The molecule has 8 heteroatoms. The van der Waals surface area contributed by atoms with Crippen molar-refractivity contribution in [3.63, 3.8) is 0 Å². The molecule has 0 unspecified atom stereocenters. The molecule has 4 rings (SSSR count). The molecular formula is C20H14ClN5O2. The lowest BCUT2D eigenvalue weighted by Gasteiger charge is -2.05. The molecule has 0 saturated carbocycles. The molecule has 0 bridgehead atoms. The number of rotatable bonds is 5. The highest BCUT2D eigenvalue weighted by Gasteiger charge is 2.10. The van der Waals surface area contributed by atoms with Gasteiger partial charge in [-0.1, -0.05) is 16.7 Å². The number of amides is 1. The fourth-order valence-corrected chi connectivity index (χ4v) is 2.57. The van der Waals surface area contributed by atoms with Crippen LogP contribution in [0.2, 0.25) is 5.02 Å². The first-order valence-corrected chi connectivity index (χ1v) is 8.73. The standard InChI is InChI=1S/C20H14ClN5O2/c21-15-5-9-17(10-6-15)24-20-26-25-19(28-20)13-3-7-16(8-4-13)23-18(27)14-2-1-11-22-12-14/h1-12H,(H,23,27)(H,24,26). The number of aromatic nitrogens is 3. The SMILES string of the molecule is O=C(Nc1ccc(-c2nnc(Nc3ccc(Cl)cc3)o2)cc1)c1cccnc1. The third kappa shape index (κ3) is 4.16. The van der Waals surface area contributed by atoms with Crippen LogP contribution in [0, 0.1) is 0 Å². The molecule has 0 radical (unpaired) electrons. The van der Waals surface area contributed by atoms with Crippen molar-refractivity contribution in [1.82, 2.24) is 15.2 Å². The summed E-state index contributed by atoms with van der Waals surface area (Å²) >= 11 is 5.87. The van der Waals surface area contributed by atoms with Crippen molar-refractivity contribution >= 4 is 34.9 Å². The van der Waals surface area contributed by atoms with Crippen LogP contribution in [0.15, 0.2) is 77.5 Å². The molecule has 138 valence electrons. The fraction of sp³-hybridized carbons (Fsp3) is 0. The van der Waals surface area contributed by atoms with Crippen molar-refractivity contribution in [2.24, 2.45) is 0 Å². The molecule has 2 N–H and O–H groups in total. The van der Waals surface area contributed by atoms with E-state index in [1.165, 1.54) is 6.20 Å². The predicted octanol–water partition coefficient (Wildman–Crippen LogP) is 4.78. The summed E-state index contributed by atoms with van der Waals surface area (Å²) in [5.74, 6) is 0.134. The van der Waals surface area contributed by atoms with E-state index in [1.807, 2.05) is 12.1 Å². The van der Waals surface area contributed by atoms with Gasteiger partial charge in [-0.3, -0.25) is 9.78 Å². The minimum absolute atomic E-state index is 0.229. The molecule has 4 aromatic rings. The number of carbonyl (C=O) groups excluding carboxylic acids is 1. The molecule has 2 heterocycles. The molecule has 2 aromatic carbocycles. The van der Waals surface area contributed by atoms with Crippen LogP contribution in [0.3, 0.4) is 0 Å². The number of hydrogen-bond donors (Lipinski definition) is 2. The second-order valence-corrected chi connectivity index (χ2v) is 6.25. The molecule has 0 saturated heterocycles. The summed E-state index contributed by atoms with van der Waals surface area (Å²) in [6, 6.07) is 17.9. The van der Waals surface area contributed by atoms with E-state index in [0.29, 0.717) is 22.2 Å². The van der Waals surface area contributed by atoms with Gasteiger partial charge in [0.05, 0.1) is 5.56 Å². The molecule has 0 aliphatic carbocycles. The third-order valence-electron chi connectivity index (χ3n) is 3.83. The number of nitrogens with zero attached hydrogens (tertiary/aromatic N) is 3. The second kappa shape index (κ2) is 7.89. The first-order valence-electron chi connectivity index (χ1n) is 8.35. The Bertz CT molecular complexity index is 1080.